The van der Waals surface area contributed by atoms with Crippen LogP contribution >= 0.6 is 0 Å². The number of hydrogen-bond acceptors (Lipinski definition) is 4. The third-order valence-corrected chi connectivity index (χ3v) is 1.55. The van der Waals surface area contributed by atoms with Gasteiger partial charge in [0.05, 0.1) is 11.3 Å². The molecule has 0 spiro atoms. The van der Waals surface area contributed by atoms with E-state index in [1.807, 2.05) is 0 Å². The number of nitrogens with two attached hydrogens (primary N) is 1. The van der Waals surface area contributed by atoms with Gasteiger partial charge in [-0.15, -0.1) is 0 Å². The summed E-state index contributed by atoms with van der Waals surface area (Å²) in [6.45, 7) is 0. The van der Waals surface area contributed by atoms with Crippen molar-refractivity contribution in [3.05, 3.63) is 23.0 Å². The maximum Gasteiger partial charge on any atom is 0.282 e. The summed E-state index contributed by atoms with van der Waals surface area (Å²) in [5.74, 6) is 0. The molecule has 1 aromatic heterocycles. The number of hydrogen-bond donors (Lipinski definition) is 1. The Hall–Kier alpha value is -2.03. The molecule has 0 bridgehead atoms. The minimum atomic E-state index is -2.86. The molecule has 0 saturated carbocycles. The number of aromatic nitrogens is 1. The van der Waals surface area contributed by atoms with E-state index in [1.165, 1.54) is 0 Å². The highest BCUT2D eigenvalue weighted by atomic mass is 19.3. The lowest BCUT2D eigenvalue weighted by Gasteiger charge is -2.04. The second-order valence-electron chi connectivity index (χ2n) is 2.43. The summed E-state index contributed by atoms with van der Waals surface area (Å²) >= 11 is 0. The van der Waals surface area contributed by atoms with Gasteiger partial charge in [0, 0.05) is 0 Å². The maximum atomic E-state index is 12.2. The van der Waals surface area contributed by atoms with Gasteiger partial charge in [0.1, 0.15) is 17.5 Å². The topological polar surface area (TPSA) is 79.8 Å². The number of halogens is 2. The van der Waals surface area contributed by atoms with E-state index in [9.17, 15) is 13.6 Å². The summed E-state index contributed by atoms with van der Waals surface area (Å²) in [4.78, 5) is 13.7. The van der Waals surface area contributed by atoms with Crippen LogP contribution in [0.15, 0.2) is 6.07 Å². The van der Waals surface area contributed by atoms with E-state index in [2.05, 4.69) is 4.98 Å². The van der Waals surface area contributed by atoms with Gasteiger partial charge in [-0.2, -0.15) is 5.26 Å². The number of nitrogen functional groups attached to an aromatic ring is 1. The molecule has 14 heavy (non-hydrogen) atoms. The Balaban J connectivity index is 3.39. The number of anilines is 1. The average molecular weight is 197 g/mol. The van der Waals surface area contributed by atoms with Crippen molar-refractivity contribution >= 4 is 12.0 Å². The average Bonchev–Trinajstić information content (AvgIpc) is 2.16. The molecule has 0 unspecified atom stereocenters. The standard InChI is InChI=1S/C8H5F2N3O/c9-8(10)7-5(12)1-4(2-11)6(3-14)13-7/h1,3,8H,12H2. The zero-order valence-electron chi connectivity index (χ0n) is 6.87. The number of carbonyl (C=O) groups is 1. The van der Waals surface area contributed by atoms with E-state index < -0.39 is 12.1 Å². The first-order chi connectivity index (χ1) is 6.60. The number of nitriles is 1. The van der Waals surface area contributed by atoms with Gasteiger partial charge in [0.25, 0.3) is 6.43 Å². The summed E-state index contributed by atoms with van der Waals surface area (Å²) in [6.07, 6.45) is -2.62. The van der Waals surface area contributed by atoms with Gasteiger partial charge < -0.3 is 5.73 Å². The van der Waals surface area contributed by atoms with Gasteiger partial charge in [-0.05, 0) is 6.07 Å². The predicted octanol–water partition coefficient (Wildman–Crippen LogP) is 1.29. The fraction of sp³-hybridized carbons (Fsp3) is 0.125. The van der Waals surface area contributed by atoms with E-state index in [-0.39, 0.29) is 23.2 Å². The van der Waals surface area contributed by atoms with Crippen molar-refractivity contribution < 1.29 is 13.6 Å². The molecule has 1 heterocycles. The van der Waals surface area contributed by atoms with Crippen molar-refractivity contribution in [2.24, 2.45) is 0 Å². The van der Waals surface area contributed by atoms with Crippen molar-refractivity contribution in [1.82, 2.24) is 4.98 Å². The van der Waals surface area contributed by atoms with Crippen LogP contribution in [-0.4, -0.2) is 11.3 Å². The minimum Gasteiger partial charge on any atom is -0.397 e. The Kier molecular flexibility index (Phi) is 2.72. The van der Waals surface area contributed by atoms with E-state index >= 15 is 0 Å². The van der Waals surface area contributed by atoms with E-state index in [4.69, 9.17) is 11.0 Å². The monoisotopic (exact) mass is 197 g/mol. The molecule has 0 atom stereocenters. The fourth-order valence-electron chi connectivity index (χ4n) is 0.912. The lowest BCUT2D eigenvalue weighted by atomic mass is 10.1. The maximum absolute atomic E-state index is 12.2. The third-order valence-electron chi connectivity index (χ3n) is 1.55. The molecule has 6 heteroatoms. The SMILES string of the molecule is N#Cc1cc(N)c(C(F)F)nc1C=O. The Bertz CT molecular complexity index is 412. The Morgan fingerprint density at radius 3 is 2.71 bits per heavy atom. The van der Waals surface area contributed by atoms with Crippen LogP contribution in [0.2, 0.25) is 0 Å². The molecule has 0 aliphatic carbocycles. The molecule has 0 aliphatic heterocycles. The number of alkyl halides is 2. The summed E-state index contributed by atoms with van der Waals surface area (Å²) in [5.41, 5.74) is 3.82. The largest absolute Gasteiger partial charge is 0.397 e. The first-order valence-corrected chi connectivity index (χ1v) is 3.54. The van der Waals surface area contributed by atoms with Crippen LogP contribution in [0.3, 0.4) is 0 Å². The molecule has 0 radical (unpaired) electrons. The van der Waals surface area contributed by atoms with Gasteiger partial charge in [-0.1, -0.05) is 0 Å². The van der Waals surface area contributed by atoms with Crippen LogP contribution in [-0.2, 0) is 0 Å². The quantitative estimate of drug-likeness (QED) is 0.724. The Morgan fingerprint density at radius 1 is 1.64 bits per heavy atom. The Morgan fingerprint density at radius 2 is 2.29 bits per heavy atom. The zero-order valence-corrected chi connectivity index (χ0v) is 6.87. The Labute approximate surface area is 78.0 Å². The van der Waals surface area contributed by atoms with Gasteiger partial charge in [-0.3, -0.25) is 4.79 Å². The van der Waals surface area contributed by atoms with E-state index in [0.717, 1.165) is 6.07 Å². The molecule has 2 N–H and O–H groups in total. The highest BCUT2D eigenvalue weighted by molar-refractivity contribution is 5.77. The summed E-state index contributed by atoms with van der Waals surface area (Å²) in [6, 6.07) is 2.65. The van der Waals surface area contributed by atoms with Gasteiger partial charge in [0.2, 0.25) is 0 Å². The lowest BCUT2D eigenvalue weighted by molar-refractivity contribution is 0.111. The van der Waals surface area contributed by atoms with E-state index in [0.29, 0.717) is 0 Å². The van der Waals surface area contributed by atoms with Crippen molar-refractivity contribution in [3.8, 4) is 6.07 Å². The molecular formula is C8H5F2N3O. The lowest BCUT2D eigenvalue weighted by Crippen LogP contribution is -2.04. The number of pyridine rings is 1. The van der Waals surface area contributed by atoms with Crippen molar-refractivity contribution in [2.75, 3.05) is 5.73 Å². The van der Waals surface area contributed by atoms with Crippen LogP contribution < -0.4 is 5.73 Å². The first kappa shape index (κ1) is 10.1. The number of rotatable bonds is 2. The van der Waals surface area contributed by atoms with Gasteiger partial charge in [-0.25, -0.2) is 13.8 Å². The second-order valence-corrected chi connectivity index (χ2v) is 2.43. The van der Waals surface area contributed by atoms with Crippen molar-refractivity contribution in [3.63, 3.8) is 0 Å². The summed E-state index contributed by atoms with van der Waals surface area (Å²) in [5, 5.41) is 8.51. The zero-order chi connectivity index (χ0) is 10.7. The van der Waals surface area contributed by atoms with Gasteiger partial charge >= 0.3 is 0 Å². The molecule has 1 aromatic rings. The molecule has 0 aliphatic rings. The van der Waals surface area contributed by atoms with Crippen molar-refractivity contribution in [2.45, 2.75) is 6.43 Å². The van der Waals surface area contributed by atoms with Crippen molar-refractivity contribution in [1.29, 1.82) is 5.26 Å². The molecule has 4 nitrogen and oxygen atoms in total. The second kappa shape index (κ2) is 3.79. The predicted molar refractivity (Wildman–Crippen MR) is 43.7 cm³/mol. The van der Waals surface area contributed by atoms with Crippen LogP contribution in [0.5, 0.6) is 0 Å². The summed E-state index contributed by atoms with van der Waals surface area (Å²) < 4.78 is 24.5. The third kappa shape index (κ3) is 1.66. The fourth-order valence-corrected chi connectivity index (χ4v) is 0.912. The molecule has 72 valence electrons. The molecule has 1 rings (SSSR count). The molecule has 0 amide bonds. The van der Waals surface area contributed by atoms with E-state index in [1.54, 1.807) is 6.07 Å². The summed E-state index contributed by atoms with van der Waals surface area (Å²) in [7, 11) is 0. The highest BCUT2D eigenvalue weighted by Gasteiger charge is 2.16. The van der Waals surface area contributed by atoms with Gasteiger partial charge in [0.15, 0.2) is 6.29 Å². The van der Waals surface area contributed by atoms with Crippen LogP contribution in [0.4, 0.5) is 14.5 Å². The van der Waals surface area contributed by atoms with Crippen LogP contribution in [0, 0.1) is 11.3 Å². The minimum absolute atomic E-state index is 0.109. The normalized spacial score (nSPS) is 9.86. The molecule has 0 aromatic carbocycles. The smallest absolute Gasteiger partial charge is 0.282 e. The molecule has 0 saturated heterocycles. The number of aldehydes is 1. The van der Waals surface area contributed by atoms with Crippen LogP contribution in [0.1, 0.15) is 28.2 Å². The highest BCUT2D eigenvalue weighted by Crippen LogP contribution is 2.24. The first-order valence-electron chi connectivity index (χ1n) is 3.54. The number of nitrogens with zero attached hydrogens (tertiary/aromatic N) is 2. The molecular weight excluding hydrogens is 192 g/mol. The molecule has 0 fully saturated rings. The van der Waals surface area contributed by atoms with Crippen LogP contribution in [0.25, 0.3) is 0 Å². The number of carbonyl (C=O) groups excluding carboxylic acids is 1.